The van der Waals surface area contributed by atoms with Crippen LogP contribution in [0.4, 0.5) is 16.3 Å². The van der Waals surface area contributed by atoms with Crippen LogP contribution in [0.2, 0.25) is 0 Å². The number of rotatable bonds is 3. The van der Waals surface area contributed by atoms with Gasteiger partial charge in [0.15, 0.2) is 12.0 Å². The van der Waals surface area contributed by atoms with Crippen molar-refractivity contribution in [2.75, 3.05) is 11.1 Å². The summed E-state index contributed by atoms with van der Waals surface area (Å²) in [5.41, 5.74) is 10.8. The number of hydrogen-bond acceptors (Lipinski definition) is 5. The Balaban J connectivity index is 1.91. The van der Waals surface area contributed by atoms with Gasteiger partial charge in [0.1, 0.15) is 0 Å². The summed E-state index contributed by atoms with van der Waals surface area (Å²) in [6, 6.07) is 4.51. The van der Waals surface area contributed by atoms with Gasteiger partial charge in [0, 0.05) is 0 Å². The van der Waals surface area contributed by atoms with Gasteiger partial charge in [0.2, 0.25) is 11.9 Å². The lowest BCUT2D eigenvalue weighted by atomic mass is 10.00. The van der Waals surface area contributed by atoms with E-state index in [4.69, 9.17) is 5.73 Å². The number of nitrogens with zero attached hydrogens (tertiary/aromatic N) is 3. The fourth-order valence-electron chi connectivity index (χ4n) is 3.08. The summed E-state index contributed by atoms with van der Waals surface area (Å²) < 4.78 is 13.4. The molecule has 0 radical (unpaired) electrons. The van der Waals surface area contributed by atoms with Crippen molar-refractivity contribution in [3.8, 4) is 0 Å². The smallest absolute Gasteiger partial charge is 0.228 e. The Bertz CT molecular complexity index is 714. The highest BCUT2D eigenvalue weighted by Gasteiger charge is 2.25. The van der Waals surface area contributed by atoms with E-state index in [2.05, 4.69) is 46.2 Å². The van der Waals surface area contributed by atoms with E-state index in [1.165, 1.54) is 29.2 Å². The van der Waals surface area contributed by atoms with Crippen molar-refractivity contribution in [1.82, 2.24) is 15.0 Å². The molecule has 3 N–H and O–H groups in total. The third-order valence-electron chi connectivity index (χ3n) is 4.04. The summed E-state index contributed by atoms with van der Waals surface area (Å²) in [6.45, 7) is 5.61. The Hall–Kier alpha value is -2.24. The number of fused-ring (bicyclic) bond motifs is 1. The third-order valence-corrected chi connectivity index (χ3v) is 4.04. The SMILES string of the molecule is Cc1cc(C)c2c(c1)C(Nc1nc(N)nc(C(C)F)n1)CC2. The summed E-state index contributed by atoms with van der Waals surface area (Å²) in [6.07, 6.45) is 0.712. The number of nitrogens with two attached hydrogens (primary N) is 1. The molecule has 116 valence electrons. The van der Waals surface area contributed by atoms with Crippen molar-refractivity contribution in [1.29, 1.82) is 0 Å². The number of alkyl halides is 1. The minimum atomic E-state index is -1.27. The van der Waals surface area contributed by atoms with E-state index in [1.54, 1.807) is 0 Å². The molecule has 22 heavy (non-hydrogen) atoms. The normalized spacial score (nSPS) is 18.1. The van der Waals surface area contributed by atoms with Gasteiger partial charge < -0.3 is 11.1 Å². The molecule has 1 heterocycles. The lowest BCUT2D eigenvalue weighted by molar-refractivity contribution is 0.356. The monoisotopic (exact) mass is 301 g/mol. The zero-order chi connectivity index (χ0) is 15.9. The van der Waals surface area contributed by atoms with Crippen LogP contribution in [-0.4, -0.2) is 15.0 Å². The van der Waals surface area contributed by atoms with Crippen molar-refractivity contribution < 1.29 is 4.39 Å². The van der Waals surface area contributed by atoms with Gasteiger partial charge in [0.25, 0.3) is 0 Å². The topological polar surface area (TPSA) is 76.7 Å². The number of anilines is 2. The maximum Gasteiger partial charge on any atom is 0.228 e. The summed E-state index contributed by atoms with van der Waals surface area (Å²) in [5, 5.41) is 3.28. The Morgan fingerprint density at radius 1 is 1.27 bits per heavy atom. The van der Waals surface area contributed by atoms with Crippen molar-refractivity contribution in [3.05, 3.63) is 40.2 Å². The fourth-order valence-corrected chi connectivity index (χ4v) is 3.08. The first-order chi connectivity index (χ1) is 10.4. The standard InChI is InChI=1S/C16H20FN5/c1-8-6-9(2)11-4-5-13(12(11)7-8)19-16-21-14(10(3)17)20-15(18)22-16/h6-7,10,13H,4-5H2,1-3H3,(H3,18,19,20,21,22). The van der Waals surface area contributed by atoms with Gasteiger partial charge in [-0.25, -0.2) is 4.39 Å². The zero-order valence-corrected chi connectivity index (χ0v) is 13.0. The Morgan fingerprint density at radius 2 is 2.05 bits per heavy atom. The first-order valence-corrected chi connectivity index (χ1v) is 7.46. The van der Waals surface area contributed by atoms with Crippen molar-refractivity contribution in [2.45, 2.75) is 45.8 Å². The van der Waals surface area contributed by atoms with E-state index in [0.717, 1.165) is 12.8 Å². The molecule has 3 rings (SSSR count). The zero-order valence-electron chi connectivity index (χ0n) is 13.0. The Labute approximate surface area is 129 Å². The molecule has 0 bridgehead atoms. The van der Waals surface area contributed by atoms with Crippen LogP contribution in [0, 0.1) is 13.8 Å². The number of halogens is 1. The van der Waals surface area contributed by atoms with Crippen LogP contribution >= 0.6 is 0 Å². The van der Waals surface area contributed by atoms with Gasteiger partial charge in [-0.2, -0.15) is 15.0 Å². The molecule has 1 aliphatic carbocycles. The van der Waals surface area contributed by atoms with Crippen molar-refractivity contribution in [2.24, 2.45) is 0 Å². The molecule has 0 saturated carbocycles. The van der Waals surface area contributed by atoms with Crippen LogP contribution in [0.1, 0.15) is 53.6 Å². The van der Waals surface area contributed by atoms with Crippen LogP contribution in [0.3, 0.4) is 0 Å². The van der Waals surface area contributed by atoms with Crippen molar-refractivity contribution in [3.63, 3.8) is 0 Å². The van der Waals surface area contributed by atoms with Crippen LogP contribution in [-0.2, 0) is 6.42 Å². The largest absolute Gasteiger partial charge is 0.368 e. The minimum Gasteiger partial charge on any atom is -0.368 e. The molecule has 2 unspecified atom stereocenters. The summed E-state index contributed by atoms with van der Waals surface area (Å²) >= 11 is 0. The quantitative estimate of drug-likeness (QED) is 0.910. The number of aromatic nitrogens is 3. The molecular weight excluding hydrogens is 281 g/mol. The second kappa shape index (κ2) is 5.51. The molecule has 6 heteroatoms. The van der Waals surface area contributed by atoms with Crippen LogP contribution in [0.25, 0.3) is 0 Å². The number of nitrogen functional groups attached to an aromatic ring is 1. The highest BCUT2D eigenvalue weighted by Crippen LogP contribution is 2.36. The third kappa shape index (κ3) is 2.73. The molecular formula is C16H20FN5. The molecule has 0 saturated heterocycles. The molecule has 0 amide bonds. The van der Waals surface area contributed by atoms with Gasteiger partial charge in [0.05, 0.1) is 6.04 Å². The first-order valence-electron chi connectivity index (χ1n) is 7.46. The molecule has 0 fully saturated rings. The Morgan fingerprint density at radius 3 is 2.77 bits per heavy atom. The van der Waals surface area contributed by atoms with Gasteiger partial charge >= 0.3 is 0 Å². The summed E-state index contributed by atoms with van der Waals surface area (Å²) in [4.78, 5) is 12.0. The van der Waals surface area contributed by atoms with Crippen molar-refractivity contribution >= 4 is 11.9 Å². The van der Waals surface area contributed by atoms with Crippen LogP contribution < -0.4 is 11.1 Å². The molecule has 1 aromatic carbocycles. The predicted molar refractivity (Wildman–Crippen MR) is 84.4 cm³/mol. The van der Waals surface area contributed by atoms with E-state index in [0.29, 0.717) is 5.95 Å². The predicted octanol–water partition coefficient (Wildman–Crippen LogP) is 3.20. The number of aryl methyl sites for hydroxylation is 2. The van der Waals surface area contributed by atoms with Crippen LogP contribution in [0.15, 0.2) is 12.1 Å². The average molecular weight is 301 g/mol. The van der Waals surface area contributed by atoms with Gasteiger partial charge in [-0.05, 0) is 50.3 Å². The van der Waals surface area contributed by atoms with E-state index in [9.17, 15) is 4.39 Å². The maximum absolute atomic E-state index is 13.4. The number of nitrogens with one attached hydrogen (secondary N) is 1. The molecule has 1 aromatic heterocycles. The second-order valence-electron chi connectivity index (χ2n) is 5.88. The molecule has 2 atom stereocenters. The van der Waals surface area contributed by atoms with Gasteiger partial charge in [-0.3, -0.25) is 0 Å². The minimum absolute atomic E-state index is 0.0376. The fraction of sp³-hybridized carbons (Fsp3) is 0.438. The van der Waals surface area contributed by atoms with E-state index < -0.39 is 6.17 Å². The lowest BCUT2D eigenvalue weighted by Crippen LogP contribution is -2.14. The molecule has 0 spiro atoms. The van der Waals surface area contributed by atoms with Gasteiger partial charge in [-0.15, -0.1) is 0 Å². The Kier molecular flexibility index (Phi) is 3.68. The second-order valence-corrected chi connectivity index (χ2v) is 5.88. The molecule has 1 aliphatic rings. The number of hydrogen-bond donors (Lipinski definition) is 2. The maximum atomic E-state index is 13.4. The van der Waals surface area contributed by atoms with E-state index in [1.807, 2.05) is 0 Å². The molecule has 5 nitrogen and oxygen atoms in total. The van der Waals surface area contributed by atoms with E-state index >= 15 is 0 Å². The summed E-state index contributed by atoms with van der Waals surface area (Å²) in [5.74, 6) is 0.438. The highest BCUT2D eigenvalue weighted by atomic mass is 19.1. The average Bonchev–Trinajstić information content (AvgIpc) is 2.81. The molecule has 0 aliphatic heterocycles. The summed E-state index contributed by atoms with van der Waals surface area (Å²) in [7, 11) is 0. The van der Waals surface area contributed by atoms with Crippen LogP contribution in [0.5, 0.6) is 0 Å². The first kappa shape index (κ1) is 14.7. The number of benzene rings is 1. The molecule has 2 aromatic rings. The van der Waals surface area contributed by atoms with E-state index in [-0.39, 0.29) is 17.8 Å². The highest BCUT2D eigenvalue weighted by molar-refractivity contribution is 5.47. The van der Waals surface area contributed by atoms with Gasteiger partial charge in [-0.1, -0.05) is 17.7 Å². The lowest BCUT2D eigenvalue weighted by Gasteiger charge is -2.16.